The van der Waals surface area contributed by atoms with Crippen LogP contribution in [0.2, 0.25) is 10.0 Å². The van der Waals surface area contributed by atoms with Gasteiger partial charge in [-0.2, -0.15) is 0 Å². The van der Waals surface area contributed by atoms with Gasteiger partial charge in [0.2, 0.25) is 5.91 Å². The summed E-state index contributed by atoms with van der Waals surface area (Å²) in [7, 11) is 0. The van der Waals surface area contributed by atoms with Crippen molar-refractivity contribution in [3.05, 3.63) is 58.2 Å². The lowest BCUT2D eigenvalue weighted by Crippen LogP contribution is -2.40. The number of piperidine rings is 1. The van der Waals surface area contributed by atoms with Crippen molar-refractivity contribution in [1.82, 2.24) is 10.3 Å². The van der Waals surface area contributed by atoms with E-state index in [-0.39, 0.29) is 11.8 Å². The van der Waals surface area contributed by atoms with Gasteiger partial charge in [0.1, 0.15) is 5.82 Å². The summed E-state index contributed by atoms with van der Waals surface area (Å²) < 4.78 is 0. The van der Waals surface area contributed by atoms with Crippen molar-refractivity contribution in [3.8, 4) is 0 Å². The third-order valence-corrected chi connectivity index (χ3v) is 4.76. The minimum Gasteiger partial charge on any atom is -0.357 e. The normalized spacial score (nSPS) is 15.3. The van der Waals surface area contributed by atoms with Crippen LogP contribution < -0.4 is 10.2 Å². The predicted molar refractivity (Wildman–Crippen MR) is 97.5 cm³/mol. The van der Waals surface area contributed by atoms with E-state index in [1.165, 1.54) is 0 Å². The fourth-order valence-electron chi connectivity index (χ4n) is 2.86. The maximum absolute atomic E-state index is 12.3. The van der Waals surface area contributed by atoms with Gasteiger partial charge in [-0.15, -0.1) is 0 Å². The van der Waals surface area contributed by atoms with Crippen molar-refractivity contribution in [3.63, 3.8) is 0 Å². The van der Waals surface area contributed by atoms with Crippen LogP contribution in [0.5, 0.6) is 0 Å². The van der Waals surface area contributed by atoms with Gasteiger partial charge in [-0.05, 0) is 42.7 Å². The molecular formula is C18H19Cl2N3O. The molecule has 0 atom stereocenters. The van der Waals surface area contributed by atoms with Gasteiger partial charge < -0.3 is 10.2 Å². The summed E-state index contributed by atoms with van der Waals surface area (Å²) in [5.74, 6) is 1.09. The van der Waals surface area contributed by atoms with Crippen molar-refractivity contribution in [2.75, 3.05) is 18.0 Å². The minimum atomic E-state index is 0.0563. The van der Waals surface area contributed by atoms with E-state index in [0.717, 1.165) is 37.3 Å². The minimum absolute atomic E-state index is 0.0563. The van der Waals surface area contributed by atoms with Gasteiger partial charge in [-0.3, -0.25) is 4.79 Å². The predicted octanol–water partition coefficient (Wildman–Crippen LogP) is 3.92. The number of benzene rings is 1. The lowest BCUT2D eigenvalue weighted by molar-refractivity contribution is -0.125. The fraction of sp³-hybridized carbons (Fsp3) is 0.333. The molecule has 0 aliphatic carbocycles. The SMILES string of the molecule is O=C(NCc1ccc(Cl)cc1)C1CCN(c2ccc(Cl)cn2)CC1. The summed E-state index contributed by atoms with van der Waals surface area (Å²) >= 11 is 11.7. The number of anilines is 1. The molecule has 0 bridgehead atoms. The fourth-order valence-corrected chi connectivity index (χ4v) is 3.10. The van der Waals surface area contributed by atoms with Gasteiger partial charge in [0, 0.05) is 36.8 Å². The molecule has 1 N–H and O–H groups in total. The lowest BCUT2D eigenvalue weighted by atomic mass is 9.96. The molecule has 1 fully saturated rings. The highest BCUT2D eigenvalue weighted by Crippen LogP contribution is 2.23. The molecule has 1 aromatic carbocycles. The monoisotopic (exact) mass is 363 g/mol. The van der Waals surface area contributed by atoms with Crippen molar-refractivity contribution in [2.24, 2.45) is 5.92 Å². The Hall–Kier alpha value is -1.78. The van der Waals surface area contributed by atoms with E-state index in [9.17, 15) is 4.79 Å². The molecule has 0 radical (unpaired) electrons. The van der Waals surface area contributed by atoms with Gasteiger partial charge >= 0.3 is 0 Å². The molecule has 2 heterocycles. The van der Waals surface area contributed by atoms with E-state index >= 15 is 0 Å². The highest BCUT2D eigenvalue weighted by atomic mass is 35.5. The Bertz CT molecular complexity index is 680. The zero-order valence-electron chi connectivity index (χ0n) is 13.2. The Labute approximate surface area is 151 Å². The Balaban J connectivity index is 1.48. The maximum Gasteiger partial charge on any atom is 0.223 e. The van der Waals surface area contributed by atoms with E-state index in [2.05, 4.69) is 15.2 Å². The molecule has 1 aliphatic heterocycles. The quantitative estimate of drug-likeness (QED) is 0.895. The largest absolute Gasteiger partial charge is 0.357 e. The van der Waals surface area contributed by atoms with Crippen molar-refractivity contribution < 1.29 is 4.79 Å². The van der Waals surface area contributed by atoms with Crippen LogP contribution in [-0.4, -0.2) is 24.0 Å². The number of amides is 1. The number of aromatic nitrogens is 1. The summed E-state index contributed by atoms with van der Waals surface area (Å²) in [6.07, 6.45) is 3.31. The topological polar surface area (TPSA) is 45.2 Å². The standard InChI is InChI=1S/C18H19Cl2N3O/c19-15-3-1-13(2-4-15)11-22-18(24)14-7-9-23(10-8-14)17-6-5-16(20)12-21-17/h1-6,12,14H,7-11H2,(H,22,24). The zero-order chi connectivity index (χ0) is 16.9. The second-order valence-electron chi connectivity index (χ2n) is 5.94. The van der Waals surface area contributed by atoms with Crippen LogP contribution in [0, 0.1) is 5.92 Å². The van der Waals surface area contributed by atoms with Crippen LogP contribution in [0.3, 0.4) is 0 Å². The molecule has 1 aromatic heterocycles. The van der Waals surface area contributed by atoms with Crippen LogP contribution in [-0.2, 0) is 11.3 Å². The number of carbonyl (C=O) groups excluding carboxylic acids is 1. The number of hydrogen-bond donors (Lipinski definition) is 1. The average molecular weight is 364 g/mol. The maximum atomic E-state index is 12.3. The van der Waals surface area contributed by atoms with Crippen LogP contribution >= 0.6 is 23.2 Å². The van der Waals surface area contributed by atoms with Crippen LogP contribution in [0.15, 0.2) is 42.6 Å². The molecule has 1 saturated heterocycles. The summed E-state index contributed by atoms with van der Waals surface area (Å²) in [5.41, 5.74) is 1.05. The van der Waals surface area contributed by atoms with Gasteiger partial charge in [-0.1, -0.05) is 35.3 Å². The number of carbonyl (C=O) groups is 1. The Morgan fingerprint density at radius 2 is 1.75 bits per heavy atom. The molecule has 3 rings (SSSR count). The number of pyridine rings is 1. The highest BCUT2D eigenvalue weighted by molar-refractivity contribution is 6.30. The first-order valence-corrected chi connectivity index (χ1v) is 8.76. The number of halogens is 2. The van der Waals surface area contributed by atoms with E-state index in [1.54, 1.807) is 6.20 Å². The van der Waals surface area contributed by atoms with Crippen molar-refractivity contribution in [2.45, 2.75) is 19.4 Å². The molecule has 0 saturated carbocycles. The molecule has 126 valence electrons. The van der Waals surface area contributed by atoms with Gasteiger partial charge in [0.05, 0.1) is 5.02 Å². The molecular weight excluding hydrogens is 345 g/mol. The molecule has 1 aliphatic rings. The van der Waals surface area contributed by atoms with Gasteiger partial charge in [-0.25, -0.2) is 4.98 Å². The first-order chi connectivity index (χ1) is 11.6. The molecule has 6 heteroatoms. The average Bonchev–Trinajstić information content (AvgIpc) is 2.62. The third kappa shape index (κ3) is 4.40. The van der Waals surface area contributed by atoms with Gasteiger partial charge in [0.25, 0.3) is 0 Å². The second kappa shape index (κ2) is 7.86. The van der Waals surface area contributed by atoms with E-state index < -0.39 is 0 Å². The molecule has 1 amide bonds. The van der Waals surface area contributed by atoms with E-state index in [0.29, 0.717) is 16.6 Å². The first kappa shape index (κ1) is 17.1. The highest BCUT2D eigenvalue weighted by Gasteiger charge is 2.25. The lowest BCUT2D eigenvalue weighted by Gasteiger charge is -2.32. The second-order valence-corrected chi connectivity index (χ2v) is 6.81. The summed E-state index contributed by atoms with van der Waals surface area (Å²) in [4.78, 5) is 18.9. The molecule has 24 heavy (non-hydrogen) atoms. The number of hydrogen-bond acceptors (Lipinski definition) is 3. The number of nitrogens with zero attached hydrogens (tertiary/aromatic N) is 2. The van der Waals surface area contributed by atoms with E-state index in [4.69, 9.17) is 23.2 Å². The third-order valence-electron chi connectivity index (χ3n) is 4.28. The summed E-state index contributed by atoms with van der Waals surface area (Å²) in [5, 5.41) is 4.35. The zero-order valence-corrected chi connectivity index (χ0v) is 14.7. The van der Waals surface area contributed by atoms with Crippen LogP contribution in [0.1, 0.15) is 18.4 Å². The Morgan fingerprint density at radius 1 is 1.08 bits per heavy atom. The van der Waals surface area contributed by atoms with E-state index in [1.807, 2.05) is 36.4 Å². The van der Waals surface area contributed by atoms with Crippen LogP contribution in [0.25, 0.3) is 0 Å². The number of rotatable bonds is 4. The Morgan fingerprint density at radius 3 is 2.38 bits per heavy atom. The van der Waals surface area contributed by atoms with Crippen molar-refractivity contribution in [1.29, 1.82) is 0 Å². The smallest absolute Gasteiger partial charge is 0.223 e. The molecule has 4 nitrogen and oxygen atoms in total. The molecule has 0 unspecified atom stereocenters. The van der Waals surface area contributed by atoms with Crippen molar-refractivity contribution >= 4 is 34.9 Å². The Kier molecular flexibility index (Phi) is 5.59. The summed E-state index contributed by atoms with van der Waals surface area (Å²) in [6.45, 7) is 2.19. The number of nitrogens with one attached hydrogen (secondary N) is 1. The molecule has 0 spiro atoms. The summed E-state index contributed by atoms with van der Waals surface area (Å²) in [6, 6.07) is 11.3. The molecule has 2 aromatic rings. The first-order valence-electron chi connectivity index (χ1n) is 8.00. The van der Waals surface area contributed by atoms with Crippen LogP contribution in [0.4, 0.5) is 5.82 Å². The van der Waals surface area contributed by atoms with Gasteiger partial charge in [0.15, 0.2) is 0 Å².